The Morgan fingerprint density at radius 2 is 2.05 bits per heavy atom. The molecule has 112 valence electrons. The van der Waals surface area contributed by atoms with E-state index in [1.165, 1.54) is 0 Å². The molecule has 20 heavy (non-hydrogen) atoms. The summed E-state index contributed by atoms with van der Waals surface area (Å²) in [7, 11) is -3.75. The second-order valence-electron chi connectivity index (χ2n) is 5.14. The van der Waals surface area contributed by atoms with E-state index >= 15 is 0 Å². The number of nitrogens with zero attached hydrogens (tertiary/aromatic N) is 1. The van der Waals surface area contributed by atoms with Gasteiger partial charge in [-0.25, -0.2) is 13.6 Å². The van der Waals surface area contributed by atoms with Crippen LogP contribution in [0, 0.1) is 6.92 Å². The van der Waals surface area contributed by atoms with Crippen LogP contribution < -0.4 is 5.14 Å². The monoisotopic (exact) mass is 316 g/mol. The lowest BCUT2D eigenvalue weighted by atomic mass is 10.1. The average molecular weight is 316 g/mol. The fraction of sp³-hybridized carbons (Fsp3) is 0.615. The minimum atomic E-state index is -3.75. The van der Waals surface area contributed by atoms with Gasteiger partial charge in [0.15, 0.2) is 0 Å². The molecule has 0 saturated heterocycles. The van der Waals surface area contributed by atoms with Gasteiger partial charge in [0.05, 0.1) is 5.56 Å². The molecule has 5 nitrogen and oxygen atoms in total. The minimum Gasteiger partial charge on any atom is -0.336 e. The highest BCUT2D eigenvalue weighted by atomic mass is 32.2. The molecule has 2 N–H and O–H groups in total. The quantitative estimate of drug-likeness (QED) is 0.923. The lowest BCUT2D eigenvalue weighted by Crippen LogP contribution is -2.38. The van der Waals surface area contributed by atoms with E-state index < -0.39 is 10.0 Å². The standard InChI is InChI=1S/C13H20N2O3S2/c1-3-15(10-6-4-5-7-10)12(16)11-8-19-13(9(11)2)20(14,17)18/h8,10H,3-7H2,1-2H3,(H2,14,17,18). The number of nitrogens with two attached hydrogens (primary N) is 1. The topological polar surface area (TPSA) is 80.5 Å². The molecule has 0 unspecified atom stereocenters. The van der Waals surface area contributed by atoms with Gasteiger partial charge in [-0.05, 0) is 32.3 Å². The van der Waals surface area contributed by atoms with E-state index in [1.807, 2.05) is 11.8 Å². The van der Waals surface area contributed by atoms with E-state index in [2.05, 4.69) is 0 Å². The summed E-state index contributed by atoms with van der Waals surface area (Å²) < 4.78 is 23.0. The first-order chi connectivity index (χ1) is 9.36. The van der Waals surface area contributed by atoms with Crippen molar-refractivity contribution in [3.63, 3.8) is 0 Å². The van der Waals surface area contributed by atoms with Crippen molar-refractivity contribution in [1.82, 2.24) is 4.90 Å². The van der Waals surface area contributed by atoms with Crippen molar-refractivity contribution in [2.24, 2.45) is 5.14 Å². The molecular formula is C13H20N2O3S2. The van der Waals surface area contributed by atoms with Gasteiger partial charge in [0.25, 0.3) is 5.91 Å². The van der Waals surface area contributed by atoms with Crippen LogP contribution in [0.3, 0.4) is 0 Å². The molecule has 2 rings (SSSR count). The second kappa shape index (κ2) is 5.83. The Morgan fingerprint density at radius 3 is 2.50 bits per heavy atom. The molecule has 7 heteroatoms. The van der Waals surface area contributed by atoms with Crippen molar-refractivity contribution < 1.29 is 13.2 Å². The predicted molar refractivity (Wildman–Crippen MR) is 79.4 cm³/mol. The van der Waals surface area contributed by atoms with Gasteiger partial charge in [-0.3, -0.25) is 4.79 Å². The van der Waals surface area contributed by atoms with E-state index in [0.29, 0.717) is 17.7 Å². The molecule has 1 fully saturated rings. The van der Waals surface area contributed by atoms with Gasteiger partial charge in [-0.1, -0.05) is 12.8 Å². The van der Waals surface area contributed by atoms with Crippen molar-refractivity contribution in [2.45, 2.75) is 49.8 Å². The fourth-order valence-electron chi connectivity index (χ4n) is 2.83. The number of hydrogen-bond acceptors (Lipinski definition) is 4. The summed E-state index contributed by atoms with van der Waals surface area (Å²) in [4.78, 5) is 14.5. The highest BCUT2D eigenvalue weighted by molar-refractivity contribution is 7.91. The van der Waals surface area contributed by atoms with Crippen molar-refractivity contribution in [2.75, 3.05) is 6.54 Å². The third kappa shape index (κ3) is 2.89. The lowest BCUT2D eigenvalue weighted by Gasteiger charge is -2.27. The van der Waals surface area contributed by atoms with Crippen LogP contribution in [0.5, 0.6) is 0 Å². The first-order valence-corrected chi connectivity index (χ1v) is 9.20. The number of amides is 1. The van der Waals surface area contributed by atoms with E-state index in [1.54, 1.807) is 12.3 Å². The zero-order valence-corrected chi connectivity index (χ0v) is 13.4. The molecule has 0 atom stereocenters. The molecule has 1 heterocycles. The third-order valence-corrected chi connectivity index (χ3v) is 6.53. The van der Waals surface area contributed by atoms with Crippen LogP contribution in [0.1, 0.15) is 48.5 Å². The Balaban J connectivity index is 2.31. The molecule has 1 aromatic rings. The van der Waals surface area contributed by atoms with Crippen molar-refractivity contribution in [3.8, 4) is 0 Å². The van der Waals surface area contributed by atoms with E-state index in [9.17, 15) is 13.2 Å². The Morgan fingerprint density at radius 1 is 1.45 bits per heavy atom. The predicted octanol–water partition coefficient (Wildman–Crippen LogP) is 2.11. The van der Waals surface area contributed by atoms with Crippen LogP contribution in [-0.4, -0.2) is 31.8 Å². The number of rotatable bonds is 4. The number of carbonyl (C=O) groups excluding carboxylic acids is 1. The molecule has 0 bridgehead atoms. The zero-order valence-electron chi connectivity index (χ0n) is 11.8. The van der Waals surface area contributed by atoms with Crippen LogP contribution in [0.25, 0.3) is 0 Å². The highest BCUT2D eigenvalue weighted by Gasteiger charge is 2.29. The second-order valence-corrected chi connectivity index (χ2v) is 7.77. The number of carbonyl (C=O) groups is 1. The van der Waals surface area contributed by atoms with Gasteiger partial charge in [0.2, 0.25) is 10.0 Å². The number of primary sulfonamides is 1. The molecular weight excluding hydrogens is 296 g/mol. The SMILES string of the molecule is CCN(C(=O)c1csc(S(N)(=O)=O)c1C)C1CCCC1. The summed E-state index contributed by atoms with van der Waals surface area (Å²) in [6, 6.07) is 0.282. The Hall–Kier alpha value is -0.920. The first kappa shape index (κ1) is 15.5. The third-order valence-electron chi connectivity index (χ3n) is 3.85. The largest absolute Gasteiger partial charge is 0.336 e. The van der Waals surface area contributed by atoms with Crippen LogP contribution >= 0.6 is 11.3 Å². The maximum absolute atomic E-state index is 12.6. The molecule has 0 aromatic carbocycles. The Kier molecular flexibility index (Phi) is 4.51. The molecule has 1 aliphatic rings. The molecule has 0 spiro atoms. The maximum Gasteiger partial charge on any atom is 0.255 e. The number of sulfonamides is 1. The summed E-state index contributed by atoms with van der Waals surface area (Å²) in [6.07, 6.45) is 4.37. The molecule has 1 aromatic heterocycles. The van der Waals surface area contributed by atoms with Crippen molar-refractivity contribution in [1.29, 1.82) is 0 Å². The van der Waals surface area contributed by atoms with Gasteiger partial charge in [0, 0.05) is 18.0 Å². The molecule has 1 amide bonds. The van der Waals surface area contributed by atoms with E-state index in [-0.39, 0.29) is 16.2 Å². The smallest absolute Gasteiger partial charge is 0.255 e. The lowest BCUT2D eigenvalue weighted by molar-refractivity contribution is 0.0693. The van der Waals surface area contributed by atoms with E-state index in [4.69, 9.17) is 5.14 Å². The summed E-state index contributed by atoms with van der Waals surface area (Å²) in [5, 5.41) is 6.77. The van der Waals surface area contributed by atoms with E-state index in [0.717, 1.165) is 37.0 Å². The normalized spacial score (nSPS) is 16.6. The zero-order chi connectivity index (χ0) is 14.9. The van der Waals surface area contributed by atoms with Gasteiger partial charge in [0.1, 0.15) is 4.21 Å². The van der Waals surface area contributed by atoms with Crippen molar-refractivity contribution in [3.05, 3.63) is 16.5 Å². The van der Waals surface area contributed by atoms with Crippen LogP contribution in [0.4, 0.5) is 0 Å². The van der Waals surface area contributed by atoms with Crippen LogP contribution in [0.15, 0.2) is 9.59 Å². The van der Waals surface area contributed by atoms with Gasteiger partial charge < -0.3 is 4.90 Å². The van der Waals surface area contributed by atoms with Crippen LogP contribution in [-0.2, 0) is 10.0 Å². The summed E-state index contributed by atoms with van der Waals surface area (Å²) in [5.74, 6) is -0.0805. The Labute approximate surface area is 123 Å². The molecule has 0 aliphatic heterocycles. The average Bonchev–Trinajstić information content (AvgIpc) is 2.98. The maximum atomic E-state index is 12.6. The summed E-state index contributed by atoms with van der Waals surface area (Å²) in [6.45, 7) is 4.24. The van der Waals surface area contributed by atoms with Crippen LogP contribution in [0.2, 0.25) is 0 Å². The number of hydrogen-bond donors (Lipinski definition) is 1. The first-order valence-electron chi connectivity index (χ1n) is 6.78. The van der Waals surface area contributed by atoms with Gasteiger partial charge in [-0.15, -0.1) is 11.3 Å². The highest BCUT2D eigenvalue weighted by Crippen LogP contribution is 2.29. The van der Waals surface area contributed by atoms with Gasteiger partial charge in [-0.2, -0.15) is 0 Å². The number of thiophene rings is 1. The van der Waals surface area contributed by atoms with Gasteiger partial charge >= 0.3 is 0 Å². The summed E-state index contributed by atoms with van der Waals surface area (Å²) >= 11 is 1.02. The van der Waals surface area contributed by atoms with Crippen molar-refractivity contribution >= 4 is 27.3 Å². The summed E-state index contributed by atoms with van der Waals surface area (Å²) in [5.41, 5.74) is 0.937. The molecule has 1 saturated carbocycles. The Bertz CT molecular complexity index is 601. The fourth-order valence-corrected chi connectivity index (χ4v) is 4.84. The molecule has 0 radical (unpaired) electrons. The molecule has 1 aliphatic carbocycles. The minimum absolute atomic E-state index is 0.0805.